The number of pyridine rings is 2. The standard InChI is InChI=1S/C20H11ClF3N9O2/c21-13-8-10(9-26-17(13)33-27-6-7-28-33)29-19(35)15-16(20(22,23)24)32(31-30-15)14-3-1-2-12-11(14)4-5-25-18(12)34/h1-9H,(H,25,34)(H,29,35). The Kier molecular flexibility index (Phi) is 5.28. The summed E-state index contributed by atoms with van der Waals surface area (Å²) in [5, 5.41) is 17.5. The van der Waals surface area contributed by atoms with Crippen LogP contribution in [0.25, 0.3) is 22.3 Å². The van der Waals surface area contributed by atoms with Gasteiger partial charge in [0.1, 0.15) is 0 Å². The van der Waals surface area contributed by atoms with Crippen LogP contribution in [0, 0.1) is 0 Å². The first-order chi connectivity index (χ1) is 16.7. The Morgan fingerprint density at radius 3 is 2.60 bits per heavy atom. The van der Waals surface area contributed by atoms with Gasteiger partial charge in [-0.3, -0.25) is 9.59 Å². The number of nitrogens with zero attached hydrogens (tertiary/aromatic N) is 7. The molecule has 11 nitrogen and oxygen atoms in total. The highest BCUT2D eigenvalue weighted by molar-refractivity contribution is 6.32. The van der Waals surface area contributed by atoms with E-state index in [1.807, 2.05) is 0 Å². The molecule has 0 bridgehead atoms. The van der Waals surface area contributed by atoms with Crippen molar-refractivity contribution < 1.29 is 18.0 Å². The van der Waals surface area contributed by atoms with Gasteiger partial charge in [-0.15, -0.1) is 9.90 Å². The third-order valence-electron chi connectivity index (χ3n) is 4.86. The Labute approximate surface area is 197 Å². The van der Waals surface area contributed by atoms with Gasteiger partial charge in [-0.2, -0.15) is 23.4 Å². The molecule has 0 fully saturated rings. The molecule has 4 aromatic heterocycles. The molecule has 5 aromatic rings. The number of alkyl halides is 3. The number of aromatic amines is 1. The van der Waals surface area contributed by atoms with Crippen LogP contribution in [0.1, 0.15) is 16.2 Å². The maximum Gasteiger partial charge on any atom is 0.435 e. The largest absolute Gasteiger partial charge is 0.435 e. The zero-order valence-corrected chi connectivity index (χ0v) is 17.9. The summed E-state index contributed by atoms with van der Waals surface area (Å²) in [6.07, 6.45) is 0.275. The minimum Gasteiger partial charge on any atom is -0.329 e. The summed E-state index contributed by atoms with van der Waals surface area (Å²) in [7, 11) is 0. The normalized spacial score (nSPS) is 11.7. The van der Waals surface area contributed by atoms with Crippen LogP contribution in [0.5, 0.6) is 0 Å². The van der Waals surface area contributed by atoms with Crippen molar-refractivity contribution in [2.75, 3.05) is 5.32 Å². The fourth-order valence-corrected chi connectivity index (χ4v) is 3.65. The summed E-state index contributed by atoms with van der Waals surface area (Å²) in [6, 6.07) is 6.89. The van der Waals surface area contributed by atoms with Crippen molar-refractivity contribution >= 4 is 34.0 Å². The molecule has 35 heavy (non-hydrogen) atoms. The zero-order valence-electron chi connectivity index (χ0n) is 17.2. The predicted molar refractivity (Wildman–Crippen MR) is 117 cm³/mol. The van der Waals surface area contributed by atoms with Crippen LogP contribution in [0.15, 0.2) is 59.9 Å². The SMILES string of the molecule is O=C(Nc1cnc(-n2nccn2)c(Cl)c1)c1nnn(-c2cccc3c(=O)[nH]ccc23)c1C(F)(F)F. The number of rotatable bonds is 4. The van der Waals surface area contributed by atoms with Gasteiger partial charge >= 0.3 is 6.18 Å². The number of halogens is 4. The van der Waals surface area contributed by atoms with Crippen molar-refractivity contribution in [3.63, 3.8) is 0 Å². The molecule has 1 amide bonds. The second-order valence-corrected chi connectivity index (χ2v) is 7.45. The molecule has 0 saturated carbocycles. The Morgan fingerprint density at radius 2 is 1.89 bits per heavy atom. The molecule has 5 rings (SSSR count). The zero-order chi connectivity index (χ0) is 24.7. The predicted octanol–water partition coefficient (Wildman–Crippen LogP) is 3.01. The molecule has 0 aliphatic heterocycles. The second kappa shape index (κ2) is 8.32. The van der Waals surface area contributed by atoms with E-state index in [-0.39, 0.29) is 33.0 Å². The summed E-state index contributed by atoms with van der Waals surface area (Å²) in [4.78, 5) is 32.5. The van der Waals surface area contributed by atoms with Crippen LogP contribution in [0.3, 0.4) is 0 Å². The number of H-pyrrole nitrogens is 1. The third-order valence-corrected chi connectivity index (χ3v) is 5.14. The molecule has 15 heteroatoms. The molecule has 0 atom stereocenters. The smallest absolute Gasteiger partial charge is 0.329 e. The topological polar surface area (TPSA) is 136 Å². The first-order valence-electron chi connectivity index (χ1n) is 9.71. The Morgan fingerprint density at radius 1 is 1.11 bits per heavy atom. The monoisotopic (exact) mass is 501 g/mol. The van der Waals surface area contributed by atoms with Crippen LogP contribution in [-0.4, -0.2) is 45.9 Å². The van der Waals surface area contributed by atoms with E-state index in [2.05, 4.69) is 35.8 Å². The molecule has 1 aromatic carbocycles. The average molecular weight is 502 g/mol. The van der Waals surface area contributed by atoms with E-state index in [0.717, 1.165) is 4.80 Å². The number of hydrogen-bond donors (Lipinski definition) is 2. The van der Waals surface area contributed by atoms with Gasteiger partial charge in [0, 0.05) is 17.0 Å². The molecule has 0 aliphatic carbocycles. The summed E-state index contributed by atoms with van der Waals surface area (Å²) in [6.45, 7) is 0. The fourth-order valence-electron chi connectivity index (χ4n) is 3.41. The Bertz CT molecular complexity index is 1630. The molecule has 0 unspecified atom stereocenters. The number of anilines is 1. The quantitative estimate of drug-likeness (QED) is 0.386. The van der Waals surface area contributed by atoms with Crippen molar-refractivity contribution in [2.45, 2.75) is 6.18 Å². The van der Waals surface area contributed by atoms with Crippen LogP contribution in [0.2, 0.25) is 5.02 Å². The van der Waals surface area contributed by atoms with Gasteiger partial charge in [0.2, 0.25) is 0 Å². The molecular weight excluding hydrogens is 491 g/mol. The van der Waals surface area contributed by atoms with E-state index < -0.39 is 29.0 Å². The van der Waals surface area contributed by atoms with E-state index in [1.165, 1.54) is 55.1 Å². The lowest BCUT2D eigenvalue weighted by molar-refractivity contribution is -0.143. The van der Waals surface area contributed by atoms with Crippen molar-refractivity contribution in [1.82, 2.24) is 40.0 Å². The summed E-state index contributed by atoms with van der Waals surface area (Å²) in [5.74, 6) is -1.04. The Balaban J connectivity index is 1.55. The lowest BCUT2D eigenvalue weighted by Gasteiger charge is -2.13. The summed E-state index contributed by atoms with van der Waals surface area (Å²) < 4.78 is 42.7. The van der Waals surface area contributed by atoms with Crippen molar-refractivity contribution in [3.8, 4) is 11.5 Å². The van der Waals surface area contributed by atoms with E-state index in [9.17, 15) is 22.8 Å². The van der Waals surface area contributed by atoms with Gasteiger partial charge in [0.15, 0.2) is 17.2 Å². The highest BCUT2D eigenvalue weighted by Gasteiger charge is 2.42. The Hall–Kier alpha value is -4.59. The van der Waals surface area contributed by atoms with Crippen LogP contribution < -0.4 is 10.9 Å². The molecule has 4 heterocycles. The molecular formula is C20H11ClF3N9O2. The number of hydrogen-bond acceptors (Lipinski definition) is 7. The van der Waals surface area contributed by atoms with Crippen molar-refractivity contribution in [3.05, 3.63) is 81.9 Å². The summed E-state index contributed by atoms with van der Waals surface area (Å²) >= 11 is 6.15. The first kappa shape index (κ1) is 22.2. The molecule has 0 radical (unpaired) electrons. The highest BCUT2D eigenvalue weighted by Crippen LogP contribution is 2.34. The first-order valence-corrected chi connectivity index (χ1v) is 10.1. The van der Waals surface area contributed by atoms with Crippen molar-refractivity contribution in [2.24, 2.45) is 0 Å². The molecule has 0 aliphatic rings. The number of carbonyl (C=O) groups excluding carboxylic acids is 1. The van der Waals surface area contributed by atoms with Gasteiger partial charge < -0.3 is 10.3 Å². The summed E-state index contributed by atoms with van der Waals surface area (Å²) in [5.41, 5.74) is -2.95. The molecule has 0 saturated heterocycles. The number of nitrogens with one attached hydrogen (secondary N) is 2. The van der Waals surface area contributed by atoms with Crippen LogP contribution in [0.4, 0.5) is 18.9 Å². The number of aromatic nitrogens is 8. The lowest BCUT2D eigenvalue weighted by Crippen LogP contribution is -2.21. The van der Waals surface area contributed by atoms with Gasteiger partial charge in [-0.1, -0.05) is 22.9 Å². The number of fused-ring (bicyclic) bond motifs is 1. The van der Waals surface area contributed by atoms with Crippen LogP contribution >= 0.6 is 11.6 Å². The van der Waals surface area contributed by atoms with Crippen LogP contribution in [-0.2, 0) is 6.18 Å². The van der Waals surface area contributed by atoms with Gasteiger partial charge in [-0.05, 0) is 24.3 Å². The maximum absolute atomic E-state index is 14.1. The van der Waals surface area contributed by atoms with E-state index in [1.54, 1.807) is 0 Å². The van der Waals surface area contributed by atoms with E-state index in [4.69, 9.17) is 11.6 Å². The van der Waals surface area contributed by atoms with Gasteiger partial charge in [-0.25, -0.2) is 9.67 Å². The molecule has 0 spiro atoms. The van der Waals surface area contributed by atoms with Crippen molar-refractivity contribution in [1.29, 1.82) is 0 Å². The average Bonchev–Trinajstić information content (AvgIpc) is 3.49. The molecule has 2 N–H and O–H groups in total. The van der Waals surface area contributed by atoms with E-state index >= 15 is 0 Å². The van der Waals surface area contributed by atoms with Gasteiger partial charge in [0.05, 0.1) is 35.0 Å². The number of amides is 1. The second-order valence-electron chi connectivity index (χ2n) is 7.04. The molecule has 176 valence electrons. The fraction of sp³-hybridized carbons (Fsp3) is 0.0500. The lowest BCUT2D eigenvalue weighted by atomic mass is 10.1. The minimum absolute atomic E-state index is 0.00951. The third kappa shape index (κ3) is 3.99. The number of carbonyl (C=O) groups is 1. The van der Waals surface area contributed by atoms with E-state index in [0.29, 0.717) is 4.68 Å². The van der Waals surface area contributed by atoms with Gasteiger partial charge in [0.25, 0.3) is 11.5 Å². The number of benzene rings is 1. The maximum atomic E-state index is 14.1. The minimum atomic E-state index is -5.01. The highest BCUT2D eigenvalue weighted by atomic mass is 35.5.